The minimum absolute atomic E-state index is 0.292. The zero-order chi connectivity index (χ0) is 23.2. The molecule has 1 unspecified atom stereocenters. The van der Waals surface area contributed by atoms with Gasteiger partial charge in [-0.3, -0.25) is 4.79 Å². The molecule has 2 saturated heterocycles. The van der Waals surface area contributed by atoms with Gasteiger partial charge in [0.15, 0.2) is 0 Å². The minimum Gasteiger partial charge on any atom is -0.342 e. The lowest BCUT2D eigenvalue weighted by atomic mass is 9.71. The molecule has 0 radical (unpaired) electrons. The normalized spacial score (nSPS) is 19.5. The lowest BCUT2D eigenvalue weighted by Gasteiger charge is -2.54. The number of nitrogens with zero attached hydrogens (tertiary/aromatic N) is 2. The third-order valence-corrected chi connectivity index (χ3v) is 8.40. The van der Waals surface area contributed by atoms with Crippen molar-refractivity contribution in [1.82, 2.24) is 9.80 Å². The van der Waals surface area contributed by atoms with Crippen molar-refractivity contribution in [2.24, 2.45) is 17.3 Å². The Hall–Kier alpha value is -0.570. The maximum absolute atomic E-state index is 13.4. The number of carbonyl (C=O) groups is 1. The van der Waals surface area contributed by atoms with Crippen molar-refractivity contribution in [2.45, 2.75) is 130 Å². The van der Waals surface area contributed by atoms with Crippen LogP contribution in [-0.2, 0) is 4.79 Å². The van der Waals surface area contributed by atoms with Gasteiger partial charge in [0.2, 0.25) is 5.91 Å². The molecule has 0 aromatic rings. The first-order chi connectivity index (χ1) is 15.5. The predicted octanol–water partition coefficient (Wildman–Crippen LogP) is 7.68. The summed E-state index contributed by atoms with van der Waals surface area (Å²) in [6, 6.07) is 0. The lowest BCUT2D eigenvalue weighted by molar-refractivity contribution is -0.141. The van der Waals surface area contributed by atoms with Crippen molar-refractivity contribution in [1.29, 1.82) is 0 Å². The molecular formula is C29H56N2O. The summed E-state index contributed by atoms with van der Waals surface area (Å²) in [7, 11) is 0. The van der Waals surface area contributed by atoms with Gasteiger partial charge < -0.3 is 9.80 Å². The molecule has 3 heteroatoms. The molecular weight excluding hydrogens is 392 g/mol. The number of rotatable bonds is 17. The molecule has 188 valence electrons. The molecule has 0 N–H and O–H groups in total. The van der Waals surface area contributed by atoms with E-state index in [4.69, 9.17) is 0 Å². The Kier molecular flexibility index (Phi) is 13.3. The van der Waals surface area contributed by atoms with Crippen LogP contribution in [0, 0.1) is 17.3 Å². The lowest BCUT2D eigenvalue weighted by Crippen LogP contribution is -2.61. The minimum atomic E-state index is 0.292. The first-order valence-corrected chi connectivity index (χ1v) is 14.5. The van der Waals surface area contributed by atoms with Gasteiger partial charge in [-0.05, 0) is 50.0 Å². The maximum atomic E-state index is 13.4. The highest BCUT2D eigenvalue weighted by atomic mass is 16.2. The fourth-order valence-corrected chi connectivity index (χ4v) is 5.96. The summed E-state index contributed by atoms with van der Waals surface area (Å²) in [5.41, 5.74) is 0.529. The Morgan fingerprint density at radius 1 is 0.750 bits per heavy atom. The molecule has 2 aliphatic rings. The number of carbonyl (C=O) groups excluding carboxylic acids is 1. The molecule has 0 aromatic carbocycles. The summed E-state index contributed by atoms with van der Waals surface area (Å²) >= 11 is 0. The summed E-state index contributed by atoms with van der Waals surface area (Å²) in [6.45, 7) is 15.1. The van der Waals surface area contributed by atoms with Gasteiger partial charge in [-0.15, -0.1) is 0 Å². The van der Waals surface area contributed by atoms with Gasteiger partial charge in [0.1, 0.15) is 0 Å². The fraction of sp³-hybridized carbons (Fsp3) is 0.966. The Morgan fingerprint density at radius 3 is 1.84 bits per heavy atom. The number of unbranched alkanes of at least 4 members (excludes halogenated alkanes) is 7. The molecule has 0 aromatic heterocycles. The summed E-state index contributed by atoms with van der Waals surface area (Å²) < 4.78 is 0. The number of amides is 1. The SMILES string of the molecule is CCCCCCC(CCCCCC)C(=O)N1CCC2(CC1)CN(CCC(C)CCCC)C2. The van der Waals surface area contributed by atoms with Crippen LogP contribution < -0.4 is 0 Å². The zero-order valence-electron chi connectivity index (χ0n) is 22.3. The van der Waals surface area contributed by atoms with Crippen molar-refractivity contribution >= 4 is 5.91 Å². The highest BCUT2D eigenvalue weighted by Gasteiger charge is 2.45. The van der Waals surface area contributed by atoms with E-state index in [2.05, 4.69) is 37.5 Å². The van der Waals surface area contributed by atoms with Gasteiger partial charge >= 0.3 is 0 Å². The highest BCUT2D eigenvalue weighted by Crippen LogP contribution is 2.41. The molecule has 1 amide bonds. The van der Waals surface area contributed by atoms with E-state index >= 15 is 0 Å². The van der Waals surface area contributed by atoms with Crippen molar-refractivity contribution in [2.75, 3.05) is 32.7 Å². The number of hydrogen-bond donors (Lipinski definition) is 0. The third-order valence-electron chi connectivity index (χ3n) is 8.40. The van der Waals surface area contributed by atoms with Crippen molar-refractivity contribution in [3.8, 4) is 0 Å². The highest BCUT2D eigenvalue weighted by molar-refractivity contribution is 5.79. The van der Waals surface area contributed by atoms with Crippen LogP contribution in [0.1, 0.15) is 130 Å². The quantitative estimate of drug-likeness (QED) is 0.213. The Bertz CT molecular complexity index is 477. The summed E-state index contributed by atoms with van der Waals surface area (Å²) in [5, 5.41) is 0. The van der Waals surface area contributed by atoms with Crippen molar-refractivity contribution in [3.05, 3.63) is 0 Å². The molecule has 1 atom stereocenters. The Morgan fingerprint density at radius 2 is 1.31 bits per heavy atom. The molecule has 0 aliphatic carbocycles. The van der Waals surface area contributed by atoms with E-state index in [-0.39, 0.29) is 0 Å². The third kappa shape index (κ3) is 9.35. The van der Waals surface area contributed by atoms with Crippen LogP contribution in [0.2, 0.25) is 0 Å². The number of hydrogen-bond acceptors (Lipinski definition) is 2. The van der Waals surface area contributed by atoms with Gasteiger partial charge in [0.25, 0.3) is 0 Å². The van der Waals surface area contributed by atoms with Crippen molar-refractivity contribution < 1.29 is 4.79 Å². The molecule has 1 spiro atoms. The number of piperidine rings is 1. The summed E-state index contributed by atoms with van der Waals surface area (Å²) in [4.78, 5) is 18.3. The molecule has 32 heavy (non-hydrogen) atoms. The van der Waals surface area contributed by atoms with Crippen LogP contribution in [0.3, 0.4) is 0 Å². The smallest absolute Gasteiger partial charge is 0.225 e. The summed E-state index contributed by atoms with van der Waals surface area (Å²) in [5.74, 6) is 1.66. The van der Waals surface area contributed by atoms with E-state index in [0.29, 0.717) is 17.2 Å². The summed E-state index contributed by atoms with van der Waals surface area (Å²) in [6.07, 6.45) is 20.4. The van der Waals surface area contributed by atoms with E-state index in [1.807, 2.05) is 0 Å². The predicted molar refractivity (Wildman–Crippen MR) is 139 cm³/mol. The van der Waals surface area contributed by atoms with E-state index in [0.717, 1.165) is 31.8 Å². The average Bonchev–Trinajstić information content (AvgIpc) is 2.78. The molecule has 2 heterocycles. The second kappa shape index (κ2) is 15.4. The molecule has 3 nitrogen and oxygen atoms in total. The van der Waals surface area contributed by atoms with Crippen LogP contribution in [0.15, 0.2) is 0 Å². The van der Waals surface area contributed by atoms with E-state index in [1.54, 1.807) is 0 Å². The van der Waals surface area contributed by atoms with E-state index in [1.165, 1.54) is 110 Å². The molecule has 2 rings (SSSR count). The monoisotopic (exact) mass is 448 g/mol. The van der Waals surface area contributed by atoms with Gasteiger partial charge in [-0.2, -0.15) is 0 Å². The molecule has 2 fully saturated rings. The first-order valence-electron chi connectivity index (χ1n) is 14.5. The molecule has 0 saturated carbocycles. The molecule has 0 bridgehead atoms. The maximum Gasteiger partial charge on any atom is 0.225 e. The fourth-order valence-electron chi connectivity index (χ4n) is 5.96. The van der Waals surface area contributed by atoms with E-state index in [9.17, 15) is 4.79 Å². The standard InChI is InChI=1S/C29H56N2O/c1-5-8-11-13-16-27(17-14-12-9-6-2)28(32)31-22-19-29(20-23-31)24-30(25-29)21-18-26(4)15-10-7-3/h26-27H,5-25H2,1-4H3. The van der Waals surface area contributed by atoms with Crippen LogP contribution in [0.5, 0.6) is 0 Å². The number of likely N-dealkylation sites (tertiary alicyclic amines) is 2. The van der Waals surface area contributed by atoms with Gasteiger partial charge in [0.05, 0.1) is 0 Å². The van der Waals surface area contributed by atoms with Crippen LogP contribution in [-0.4, -0.2) is 48.4 Å². The molecule has 2 aliphatic heterocycles. The van der Waals surface area contributed by atoms with E-state index < -0.39 is 0 Å². The topological polar surface area (TPSA) is 23.6 Å². The van der Waals surface area contributed by atoms with Crippen LogP contribution >= 0.6 is 0 Å². The van der Waals surface area contributed by atoms with Gasteiger partial charge in [-0.25, -0.2) is 0 Å². The zero-order valence-corrected chi connectivity index (χ0v) is 22.3. The van der Waals surface area contributed by atoms with Crippen LogP contribution in [0.4, 0.5) is 0 Å². The van der Waals surface area contributed by atoms with Gasteiger partial charge in [0, 0.05) is 32.1 Å². The van der Waals surface area contributed by atoms with Gasteiger partial charge in [-0.1, -0.05) is 98.3 Å². The Labute approximate surface area is 201 Å². The van der Waals surface area contributed by atoms with Crippen LogP contribution in [0.25, 0.3) is 0 Å². The first kappa shape index (κ1) is 27.7. The average molecular weight is 449 g/mol. The largest absolute Gasteiger partial charge is 0.342 e. The second-order valence-electron chi connectivity index (χ2n) is 11.5. The van der Waals surface area contributed by atoms with Crippen molar-refractivity contribution in [3.63, 3.8) is 0 Å². The second-order valence-corrected chi connectivity index (χ2v) is 11.5. The Balaban J connectivity index is 1.71.